The minimum Gasteiger partial charge on any atom is -0.481 e. The average Bonchev–Trinajstić information content (AvgIpc) is 3.58. The van der Waals surface area contributed by atoms with Gasteiger partial charge in [-0.05, 0) is 67.5 Å². The van der Waals surface area contributed by atoms with E-state index in [1.165, 1.54) is 36.1 Å². The van der Waals surface area contributed by atoms with Crippen LogP contribution in [0.1, 0.15) is 61.3 Å². The summed E-state index contributed by atoms with van der Waals surface area (Å²) in [7, 11) is 0. The average molecular weight is 755 g/mol. The maximum Gasteiger partial charge on any atom is 0.303 e. The molecule has 0 saturated carbocycles. The maximum absolute atomic E-state index is 14.3. The summed E-state index contributed by atoms with van der Waals surface area (Å²) < 4.78 is 13.8. The lowest BCUT2D eigenvalue weighted by molar-refractivity contribution is -0.146. The topological polar surface area (TPSA) is 190 Å². The van der Waals surface area contributed by atoms with E-state index in [2.05, 4.69) is 26.3 Å². The van der Waals surface area contributed by atoms with Crippen LogP contribution in [0.15, 0.2) is 79.0 Å². The van der Waals surface area contributed by atoms with Crippen molar-refractivity contribution in [2.45, 2.75) is 89.5 Å². The summed E-state index contributed by atoms with van der Waals surface area (Å²) in [6, 6.07) is 16.2. The molecule has 0 bridgehead atoms. The van der Waals surface area contributed by atoms with Gasteiger partial charge in [-0.3, -0.25) is 28.8 Å². The number of nitrogens with one attached hydrogen (secondary N) is 5. The summed E-state index contributed by atoms with van der Waals surface area (Å²) in [4.78, 5) is 83.8. The number of hydrogen-bond donors (Lipinski definition) is 6. The molecule has 1 aliphatic rings. The van der Waals surface area contributed by atoms with Gasteiger partial charge in [0.15, 0.2) is 0 Å². The third kappa shape index (κ3) is 11.2. The van der Waals surface area contributed by atoms with Gasteiger partial charge in [-0.15, -0.1) is 0 Å². The summed E-state index contributed by atoms with van der Waals surface area (Å²) in [6.45, 7) is 3.57. The van der Waals surface area contributed by atoms with Crippen molar-refractivity contribution in [3.8, 4) is 0 Å². The molecular weight excluding hydrogens is 707 g/mol. The molecule has 290 valence electrons. The molecule has 3 aromatic carbocycles. The molecule has 55 heavy (non-hydrogen) atoms. The van der Waals surface area contributed by atoms with E-state index in [4.69, 9.17) is 0 Å². The predicted molar refractivity (Wildman–Crippen MR) is 203 cm³/mol. The second kappa shape index (κ2) is 18.8. The standard InChI is InChI=1S/C41H47FN6O7/c1-25-10-12-28(13-11-25)23-44-38(52)34(21-27-14-16-30(42)17-15-27)46-39(53)35(22-29-24-43-32-8-4-3-7-31(29)32)47-40(54)36-9-5-6-20-48(36)41(55)33(45-26(2)49)18-19-37(50)51/h3-4,7-8,10-17,24,33-36,43H,5-6,9,18-23H2,1-2H3,(H,44,52)(H,45,49)(H,46,53)(H,47,54)(H,50,51). The number of carboxylic acid groups (broad SMARTS) is 1. The van der Waals surface area contributed by atoms with Crippen molar-refractivity contribution in [1.29, 1.82) is 0 Å². The normalized spacial score (nSPS) is 15.7. The number of hydrogen-bond acceptors (Lipinski definition) is 6. The summed E-state index contributed by atoms with van der Waals surface area (Å²) >= 11 is 0. The van der Waals surface area contributed by atoms with E-state index in [-0.39, 0.29) is 45.2 Å². The van der Waals surface area contributed by atoms with Gasteiger partial charge in [-0.25, -0.2) is 4.39 Å². The minimum absolute atomic E-state index is 0.0314. The number of nitrogens with zero attached hydrogens (tertiary/aromatic N) is 1. The highest BCUT2D eigenvalue weighted by Gasteiger charge is 2.38. The number of halogens is 1. The number of amides is 5. The van der Waals surface area contributed by atoms with Crippen LogP contribution < -0.4 is 21.3 Å². The summed E-state index contributed by atoms with van der Waals surface area (Å²) in [5.41, 5.74) is 4.06. The number of fused-ring (bicyclic) bond motifs is 1. The van der Waals surface area contributed by atoms with Gasteiger partial charge in [-0.2, -0.15) is 0 Å². The summed E-state index contributed by atoms with van der Waals surface area (Å²) in [5, 5.41) is 21.2. The third-order valence-corrected chi connectivity index (χ3v) is 9.72. The van der Waals surface area contributed by atoms with E-state index in [1.807, 2.05) is 55.5 Å². The Labute approximate surface area is 318 Å². The molecule has 14 heteroatoms. The van der Waals surface area contributed by atoms with E-state index in [9.17, 15) is 38.3 Å². The Morgan fingerprint density at radius 1 is 0.836 bits per heavy atom. The number of likely N-dealkylation sites (tertiary alicyclic amines) is 1. The predicted octanol–water partition coefficient (Wildman–Crippen LogP) is 3.44. The number of piperidine rings is 1. The Morgan fingerprint density at radius 3 is 2.24 bits per heavy atom. The highest BCUT2D eigenvalue weighted by atomic mass is 19.1. The zero-order valence-electron chi connectivity index (χ0n) is 30.9. The van der Waals surface area contributed by atoms with Crippen LogP contribution in [0.4, 0.5) is 4.39 Å². The Hall–Kier alpha value is -6.05. The molecule has 4 unspecified atom stereocenters. The molecule has 2 heterocycles. The molecule has 0 spiro atoms. The van der Waals surface area contributed by atoms with Crippen molar-refractivity contribution in [2.24, 2.45) is 0 Å². The summed E-state index contributed by atoms with van der Waals surface area (Å²) in [5.74, 6) is -4.42. The van der Waals surface area contributed by atoms with Crippen LogP contribution in [-0.2, 0) is 48.2 Å². The minimum atomic E-state index is -1.20. The molecular formula is C41H47FN6O7. The highest BCUT2D eigenvalue weighted by molar-refractivity contribution is 5.96. The Morgan fingerprint density at radius 2 is 1.53 bits per heavy atom. The van der Waals surface area contributed by atoms with Crippen molar-refractivity contribution < 1.29 is 38.3 Å². The van der Waals surface area contributed by atoms with Crippen LogP contribution in [0.3, 0.4) is 0 Å². The second-order valence-corrected chi connectivity index (χ2v) is 13.9. The van der Waals surface area contributed by atoms with Crippen LogP contribution in [0.5, 0.6) is 0 Å². The molecule has 5 rings (SSSR count). The lowest BCUT2D eigenvalue weighted by Gasteiger charge is -2.37. The largest absolute Gasteiger partial charge is 0.481 e. The van der Waals surface area contributed by atoms with E-state index >= 15 is 0 Å². The van der Waals surface area contributed by atoms with Crippen LogP contribution >= 0.6 is 0 Å². The fourth-order valence-electron chi connectivity index (χ4n) is 6.79. The van der Waals surface area contributed by atoms with Crippen molar-refractivity contribution >= 4 is 46.4 Å². The van der Waals surface area contributed by atoms with Gasteiger partial charge in [0.05, 0.1) is 0 Å². The quantitative estimate of drug-likeness (QED) is 0.101. The number of aromatic amines is 1. The molecule has 6 N–H and O–H groups in total. The molecule has 0 aliphatic carbocycles. The van der Waals surface area contributed by atoms with Gasteiger partial charge in [0.25, 0.3) is 0 Å². The zero-order chi connectivity index (χ0) is 39.5. The number of para-hydroxylation sites is 1. The Bertz CT molecular complexity index is 2000. The third-order valence-electron chi connectivity index (χ3n) is 9.72. The highest BCUT2D eigenvalue weighted by Crippen LogP contribution is 2.22. The summed E-state index contributed by atoms with van der Waals surface area (Å²) in [6.07, 6.45) is 2.76. The maximum atomic E-state index is 14.3. The molecule has 1 aliphatic heterocycles. The lowest BCUT2D eigenvalue weighted by Crippen LogP contribution is -2.60. The van der Waals surface area contributed by atoms with Gasteiger partial charge in [0, 0.05) is 56.4 Å². The number of benzene rings is 3. The molecule has 1 aromatic heterocycles. The number of carboxylic acids is 1. The molecule has 1 saturated heterocycles. The van der Waals surface area contributed by atoms with Crippen molar-refractivity contribution in [1.82, 2.24) is 31.2 Å². The number of rotatable bonds is 16. The van der Waals surface area contributed by atoms with E-state index < -0.39 is 65.5 Å². The van der Waals surface area contributed by atoms with Gasteiger partial charge in [0.2, 0.25) is 29.5 Å². The first-order chi connectivity index (χ1) is 26.4. The zero-order valence-corrected chi connectivity index (χ0v) is 30.9. The number of H-pyrrole nitrogens is 1. The van der Waals surface area contributed by atoms with Crippen LogP contribution in [0.25, 0.3) is 10.9 Å². The first-order valence-electron chi connectivity index (χ1n) is 18.4. The van der Waals surface area contributed by atoms with E-state index in [0.29, 0.717) is 18.4 Å². The lowest BCUT2D eigenvalue weighted by atomic mass is 9.97. The molecule has 4 aromatic rings. The molecule has 4 atom stereocenters. The smallest absolute Gasteiger partial charge is 0.303 e. The molecule has 5 amide bonds. The van der Waals surface area contributed by atoms with Crippen LogP contribution in [0.2, 0.25) is 0 Å². The Kier molecular flexibility index (Phi) is 13.7. The monoisotopic (exact) mass is 754 g/mol. The molecule has 13 nitrogen and oxygen atoms in total. The number of carbonyl (C=O) groups excluding carboxylic acids is 5. The van der Waals surface area contributed by atoms with Crippen LogP contribution in [0, 0.1) is 12.7 Å². The number of aryl methyl sites for hydroxylation is 1. The van der Waals surface area contributed by atoms with Gasteiger partial charge >= 0.3 is 5.97 Å². The fraction of sp³-hybridized carbons (Fsp3) is 0.366. The van der Waals surface area contributed by atoms with Crippen molar-refractivity contribution in [3.63, 3.8) is 0 Å². The first kappa shape index (κ1) is 40.1. The molecule has 0 radical (unpaired) electrons. The number of carbonyl (C=O) groups is 6. The Balaban J connectivity index is 1.40. The molecule has 1 fully saturated rings. The first-order valence-corrected chi connectivity index (χ1v) is 18.4. The SMILES string of the molecule is CC(=O)NC(CCC(=O)O)C(=O)N1CCCCC1C(=O)NC(Cc1c[nH]c2ccccc12)C(=O)NC(Cc1ccc(F)cc1)C(=O)NCc1ccc(C)cc1. The van der Waals surface area contributed by atoms with Crippen LogP contribution in [-0.4, -0.2) is 81.2 Å². The van der Waals surface area contributed by atoms with Gasteiger partial charge in [-0.1, -0.05) is 60.2 Å². The number of aliphatic carboxylic acids is 1. The van der Waals surface area contributed by atoms with Crippen molar-refractivity contribution in [3.05, 3.63) is 107 Å². The number of aromatic nitrogens is 1. The van der Waals surface area contributed by atoms with Gasteiger partial charge in [0.1, 0.15) is 30.0 Å². The van der Waals surface area contributed by atoms with E-state index in [1.54, 1.807) is 6.20 Å². The van der Waals surface area contributed by atoms with Crippen molar-refractivity contribution in [2.75, 3.05) is 6.54 Å². The second-order valence-electron chi connectivity index (χ2n) is 13.9. The fourth-order valence-corrected chi connectivity index (χ4v) is 6.79. The van der Waals surface area contributed by atoms with Gasteiger partial charge < -0.3 is 36.3 Å². The van der Waals surface area contributed by atoms with E-state index in [0.717, 1.165) is 27.6 Å².